The molecule has 0 radical (unpaired) electrons. The Morgan fingerprint density at radius 1 is 1.33 bits per heavy atom. The number of rotatable bonds is 5. The number of carbonyl (C=O) groups is 3. The molecule has 21 heavy (non-hydrogen) atoms. The van der Waals surface area contributed by atoms with Crippen molar-refractivity contribution in [2.75, 3.05) is 20.2 Å². The zero-order valence-electron chi connectivity index (χ0n) is 13.0. The molecule has 1 saturated heterocycles. The first kappa shape index (κ1) is 17.4. The molecule has 1 aliphatic heterocycles. The van der Waals surface area contributed by atoms with Crippen molar-refractivity contribution in [1.29, 1.82) is 0 Å². The second-order valence-electron chi connectivity index (χ2n) is 6.25. The SMILES string of the molecule is COC1CC(C(=O)O)N(C(=O)CCNC(=O)C(C)(C)C)C1. The average molecular weight is 300 g/mol. The Hall–Kier alpha value is -1.63. The van der Waals surface area contributed by atoms with Gasteiger partial charge in [0.2, 0.25) is 11.8 Å². The molecule has 2 N–H and O–H groups in total. The highest BCUT2D eigenvalue weighted by atomic mass is 16.5. The van der Waals surface area contributed by atoms with Gasteiger partial charge in [-0.1, -0.05) is 20.8 Å². The second-order valence-corrected chi connectivity index (χ2v) is 6.25. The number of carboxylic acid groups (broad SMARTS) is 1. The van der Waals surface area contributed by atoms with Crippen LogP contribution in [0.2, 0.25) is 0 Å². The molecule has 7 nitrogen and oxygen atoms in total. The van der Waals surface area contributed by atoms with Crippen molar-refractivity contribution in [1.82, 2.24) is 10.2 Å². The molecule has 0 aromatic carbocycles. The van der Waals surface area contributed by atoms with Crippen LogP contribution in [-0.4, -0.2) is 60.1 Å². The van der Waals surface area contributed by atoms with Crippen LogP contribution in [0, 0.1) is 5.41 Å². The average Bonchev–Trinajstić information content (AvgIpc) is 2.81. The maximum Gasteiger partial charge on any atom is 0.326 e. The summed E-state index contributed by atoms with van der Waals surface area (Å²) in [6.45, 7) is 5.84. The third-order valence-electron chi connectivity index (χ3n) is 3.51. The predicted octanol–water partition coefficient (Wildman–Crippen LogP) is 0.239. The molecule has 2 amide bonds. The molecule has 0 bridgehead atoms. The number of ether oxygens (including phenoxy) is 1. The van der Waals surface area contributed by atoms with Crippen LogP contribution in [0.3, 0.4) is 0 Å². The molecule has 0 saturated carbocycles. The number of hydrogen-bond donors (Lipinski definition) is 2. The minimum Gasteiger partial charge on any atom is -0.480 e. The van der Waals surface area contributed by atoms with Crippen LogP contribution in [0.4, 0.5) is 0 Å². The summed E-state index contributed by atoms with van der Waals surface area (Å²) in [6, 6.07) is -0.847. The number of nitrogens with one attached hydrogen (secondary N) is 1. The van der Waals surface area contributed by atoms with E-state index in [1.807, 2.05) is 0 Å². The second kappa shape index (κ2) is 6.89. The zero-order valence-corrected chi connectivity index (χ0v) is 13.0. The first-order valence-electron chi connectivity index (χ1n) is 7.00. The number of nitrogens with zero attached hydrogens (tertiary/aromatic N) is 1. The number of carbonyl (C=O) groups excluding carboxylic acids is 2. The minimum atomic E-state index is -1.03. The predicted molar refractivity (Wildman–Crippen MR) is 75.6 cm³/mol. The number of methoxy groups -OCH3 is 1. The Balaban J connectivity index is 2.51. The van der Waals surface area contributed by atoms with Gasteiger partial charge in [-0.15, -0.1) is 0 Å². The van der Waals surface area contributed by atoms with Gasteiger partial charge in [-0.25, -0.2) is 4.79 Å². The van der Waals surface area contributed by atoms with E-state index in [1.54, 1.807) is 20.8 Å². The molecule has 120 valence electrons. The smallest absolute Gasteiger partial charge is 0.326 e. The molecule has 0 spiro atoms. The Kier molecular flexibility index (Phi) is 5.71. The summed E-state index contributed by atoms with van der Waals surface area (Å²) in [6.07, 6.45) is 0.132. The van der Waals surface area contributed by atoms with E-state index in [2.05, 4.69) is 5.32 Å². The Bertz CT molecular complexity index is 416. The van der Waals surface area contributed by atoms with Crippen LogP contribution in [-0.2, 0) is 19.1 Å². The standard InChI is InChI=1S/C14H24N2O5/c1-14(2,3)13(20)15-6-5-11(17)16-8-9(21-4)7-10(16)12(18)19/h9-10H,5-8H2,1-4H3,(H,15,20)(H,18,19). The lowest BCUT2D eigenvalue weighted by Gasteiger charge is -2.22. The maximum absolute atomic E-state index is 12.1. The first-order valence-corrected chi connectivity index (χ1v) is 7.00. The van der Waals surface area contributed by atoms with E-state index in [9.17, 15) is 14.4 Å². The third-order valence-corrected chi connectivity index (χ3v) is 3.51. The van der Waals surface area contributed by atoms with Crippen LogP contribution in [0.5, 0.6) is 0 Å². The van der Waals surface area contributed by atoms with Gasteiger partial charge in [-0.05, 0) is 0 Å². The van der Waals surface area contributed by atoms with Crippen molar-refractivity contribution >= 4 is 17.8 Å². The highest BCUT2D eigenvalue weighted by Crippen LogP contribution is 2.21. The van der Waals surface area contributed by atoms with E-state index in [1.165, 1.54) is 12.0 Å². The molecule has 0 aliphatic carbocycles. The number of hydrogen-bond acceptors (Lipinski definition) is 4. The molecule has 0 aromatic heterocycles. The highest BCUT2D eigenvalue weighted by Gasteiger charge is 2.39. The zero-order chi connectivity index (χ0) is 16.2. The normalized spacial score (nSPS) is 22.2. The fourth-order valence-corrected chi connectivity index (χ4v) is 2.17. The third kappa shape index (κ3) is 4.70. The molecule has 2 atom stereocenters. The number of likely N-dealkylation sites (tertiary alicyclic amines) is 1. The van der Waals surface area contributed by atoms with Crippen LogP contribution in [0.1, 0.15) is 33.6 Å². The van der Waals surface area contributed by atoms with Gasteiger partial charge in [-0.3, -0.25) is 9.59 Å². The molecule has 1 rings (SSSR count). The lowest BCUT2D eigenvalue weighted by Crippen LogP contribution is -2.42. The molecular formula is C14H24N2O5. The summed E-state index contributed by atoms with van der Waals surface area (Å²) >= 11 is 0. The van der Waals surface area contributed by atoms with E-state index in [4.69, 9.17) is 9.84 Å². The molecule has 0 aromatic rings. The summed E-state index contributed by atoms with van der Waals surface area (Å²) in [5.74, 6) is -1.45. The maximum atomic E-state index is 12.1. The van der Waals surface area contributed by atoms with Crippen LogP contribution in [0.15, 0.2) is 0 Å². The van der Waals surface area contributed by atoms with Gasteiger partial charge in [-0.2, -0.15) is 0 Å². The van der Waals surface area contributed by atoms with E-state index in [-0.39, 0.29) is 37.4 Å². The number of carboxylic acids is 1. The largest absolute Gasteiger partial charge is 0.480 e. The topological polar surface area (TPSA) is 95.9 Å². The summed E-state index contributed by atoms with van der Waals surface area (Å²) in [5, 5.41) is 11.8. The van der Waals surface area contributed by atoms with Crippen molar-refractivity contribution in [3.63, 3.8) is 0 Å². The van der Waals surface area contributed by atoms with Crippen molar-refractivity contribution in [3.05, 3.63) is 0 Å². The summed E-state index contributed by atoms with van der Waals surface area (Å²) in [5.41, 5.74) is -0.512. The van der Waals surface area contributed by atoms with Gasteiger partial charge < -0.3 is 20.1 Å². The Morgan fingerprint density at radius 2 is 1.95 bits per heavy atom. The molecule has 1 aliphatic rings. The van der Waals surface area contributed by atoms with Gasteiger partial charge in [0.15, 0.2) is 0 Å². The van der Waals surface area contributed by atoms with Crippen molar-refractivity contribution < 1.29 is 24.2 Å². The molecule has 1 fully saturated rings. The number of amides is 2. The summed E-state index contributed by atoms with van der Waals surface area (Å²) < 4.78 is 5.13. The van der Waals surface area contributed by atoms with E-state index >= 15 is 0 Å². The van der Waals surface area contributed by atoms with Gasteiger partial charge in [0, 0.05) is 38.5 Å². The molecule has 1 heterocycles. The monoisotopic (exact) mass is 300 g/mol. The first-order chi connectivity index (χ1) is 9.66. The van der Waals surface area contributed by atoms with Gasteiger partial charge in [0.1, 0.15) is 6.04 Å². The van der Waals surface area contributed by atoms with Crippen LogP contribution >= 0.6 is 0 Å². The van der Waals surface area contributed by atoms with Gasteiger partial charge in [0.05, 0.1) is 6.10 Å². The van der Waals surface area contributed by atoms with Gasteiger partial charge in [0.25, 0.3) is 0 Å². The minimum absolute atomic E-state index is 0.0854. The van der Waals surface area contributed by atoms with Crippen molar-refractivity contribution in [2.24, 2.45) is 5.41 Å². The fourth-order valence-electron chi connectivity index (χ4n) is 2.17. The molecular weight excluding hydrogens is 276 g/mol. The van der Waals surface area contributed by atoms with E-state index < -0.39 is 17.4 Å². The summed E-state index contributed by atoms with van der Waals surface area (Å²) in [7, 11) is 1.50. The van der Waals surface area contributed by atoms with E-state index in [0.29, 0.717) is 6.42 Å². The molecule has 2 unspecified atom stereocenters. The van der Waals surface area contributed by atoms with Crippen molar-refractivity contribution in [3.8, 4) is 0 Å². The lowest BCUT2D eigenvalue weighted by molar-refractivity contribution is -0.148. The molecule has 7 heteroatoms. The Morgan fingerprint density at radius 3 is 2.43 bits per heavy atom. The quantitative estimate of drug-likeness (QED) is 0.758. The number of aliphatic carboxylic acids is 1. The Labute approximate surface area is 124 Å². The van der Waals surface area contributed by atoms with Gasteiger partial charge >= 0.3 is 5.97 Å². The lowest BCUT2D eigenvalue weighted by atomic mass is 9.96. The highest BCUT2D eigenvalue weighted by molar-refractivity contribution is 5.85. The van der Waals surface area contributed by atoms with Crippen LogP contribution in [0.25, 0.3) is 0 Å². The van der Waals surface area contributed by atoms with Crippen LogP contribution < -0.4 is 5.32 Å². The summed E-state index contributed by atoms with van der Waals surface area (Å²) in [4.78, 5) is 36.3. The fraction of sp³-hybridized carbons (Fsp3) is 0.786. The van der Waals surface area contributed by atoms with E-state index in [0.717, 1.165) is 0 Å². The van der Waals surface area contributed by atoms with Crippen molar-refractivity contribution in [2.45, 2.75) is 45.8 Å².